The molecule has 1 atom stereocenters. The van der Waals surface area contributed by atoms with E-state index in [0.29, 0.717) is 9.80 Å². The van der Waals surface area contributed by atoms with Crippen molar-refractivity contribution >= 4 is 38.0 Å². The highest BCUT2D eigenvalue weighted by Gasteiger charge is 2.28. The lowest BCUT2D eigenvalue weighted by molar-refractivity contribution is -0.195. The van der Waals surface area contributed by atoms with Gasteiger partial charge in [-0.2, -0.15) is 0 Å². The summed E-state index contributed by atoms with van der Waals surface area (Å²) < 4.78 is 56.0. The number of hydrogen-bond acceptors (Lipinski definition) is 9. The molecule has 0 saturated heterocycles. The van der Waals surface area contributed by atoms with Gasteiger partial charge in [-0.25, -0.2) is 0 Å². The van der Waals surface area contributed by atoms with Crippen LogP contribution in [-0.2, 0) is 22.8 Å². The molecule has 0 rings (SSSR count). The first-order valence-corrected chi connectivity index (χ1v) is 17.3. The molecule has 18 nitrogen and oxygen atoms in total. The fourth-order valence-corrected chi connectivity index (χ4v) is 6.64. The SMILES string of the molecule is O=P([O-])(O)CN(CCN(CCN(CP(=O)(O)O)CP(=O)(O)O)CP(=O)(O)O)CP(=O)(O)O. The first kappa shape index (κ1) is 32.6. The molecule has 32 heavy (non-hydrogen) atoms. The van der Waals surface area contributed by atoms with Crippen LogP contribution in [-0.4, -0.2) is 116 Å². The Morgan fingerprint density at radius 1 is 0.438 bits per heavy atom. The Morgan fingerprint density at radius 3 is 0.906 bits per heavy atom. The van der Waals surface area contributed by atoms with E-state index in [2.05, 4.69) is 0 Å². The third kappa shape index (κ3) is 21.2. The largest absolute Gasteiger partial charge is 0.778 e. The van der Waals surface area contributed by atoms with Gasteiger partial charge in [0.1, 0.15) is 32.7 Å². The van der Waals surface area contributed by atoms with Gasteiger partial charge < -0.3 is 53.5 Å². The number of hydrogen-bond donors (Lipinski definition) is 9. The monoisotopic (exact) mass is 572 g/mol. The van der Waals surface area contributed by atoms with Crippen LogP contribution in [0.4, 0.5) is 0 Å². The molecule has 0 aliphatic carbocycles. The van der Waals surface area contributed by atoms with Gasteiger partial charge in [0, 0.05) is 26.2 Å². The molecule has 0 aliphatic rings. The third-order valence-electron chi connectivity index (χ3n) is 3.38. The molecule has 23 heteroatoms. The van der Waals surface area contributed by atoms with Gasteiger partial charge in [-0.1, -0.05) is 0 Å². The highest BCUT2D eigenvalue weighted by molar-refractivity contribution is 7.53. The number of rotatable bonds is 16. The minimum Gasteiger partial charge on any atom is -0.778 e. The molecular formula is C9H27N3O15P5-. The van der Waals surface area contributed by atoms with Gasteiger partial charge in [0.25, 0.3) is 0 Å². The summed E-state index contributed by atoms with van der Waals surface area (Å²) in [6.45, 7) is -1.88. The molecule has 0 aromatic carbocycles. The van der Waals surface area contributed by atoms with Crippen LogP contribution in [0.3, 0.4) is 0 Å². The molecule has 1 unspecified atom stereocenters. The van der Waals surface area contributed by atoms with E-state index in [1.54, 1.807) is 0 Å². The first-order chi connectivity index (χ1) is 13.9. The minimum atomic E-state index is -5.01. The maximum atomic E-state index is 11.4. The Morgan fingerprint density at radius 2 is 0.656 bits per heavy atom. The van der Waals surface area contributed by atoms with Crippen molar-refractivity contribution in [2.75, 3.05) is 57.6 Å². The average molecular weight is 572 g/mol. The standard InChI is InChI=1S/C9H28N3O15P5/c13-28(14,15)5-10(1-3-11(6-29(16,17)18)7-30(19,20)21)2-4-12(8-31(22,23)24)9-32(25,26)27/h1-9H2,(H2,13,14,15)(H2,16,17,18)(H2,19,20,21)(H2,22,23,24)(H2,25,26,27)/p-1. The van der Waals surface area contributed by atoms with E-state index in [4.69, 9.17) is 34.3 Å². The van der Waals surface area contributed by atoms with Crippen LogP contribution in [0.15, 0.2) is 0 Å². The lowest BCUT2D eigenvalue weighted by Crippen LogP contribution is -2.41. The summed E-state index contributed by atoms with van der Waals surface area (Å²) in [5.41, 5.74) is 0. The predicted octanol–water partition coefficient (Wildman–Crippen LogP) is -3.06. The van der Waals surface area contributed by atoms with Gasteiger partial charge in [0.05, 0.1) is 6.29 Å². The third-order valence-corrected chi connectivity index (χ3v) is 7.21. The van der Waals surface area contributed by atoms with Gasteiger partial charge >= 0.3 is 30.4 Å². The van der Waals surface area contributed by atoms with E-state index < -0.39 is 95.6 Å². The van der Waals surface area contributed by atoms with Gasteiger partial charge in [0.2, 0.25) is 0 Å². The Hall–Kier alpha value is 0.630. The highest BCUT2D eigenvalue weighted by Crippen LogP contribution is 2.41. The lowest BCUT2D eigenvalue weighted by atomic mass is 10.4. The summed E-state index contributed by atoms with van der Waals surface area (Å²) in [6.07, 6.45) is -5.40. The molecule has 0 fully saturated rings. The van der Waals surface area contributed by atoms with Crippen molar-refractivity contribution in [1.82, 2.24) is 14.7 Å². The van der Waals surface area contributed by atoms with Crippen molar-refractivity contribution in [1.29, 1.82) is 0 Å². The van der Waals surface area contributed by atoms with Crippen molar-refractivity contribution in [3.8, 4) is 0 Å². The van der Waals surface area contributed by atoms with E-state index in [-0.39, 0.29) is 0 Å². The smallest absolute Gasteiger partial charge is 0.339 e. The van der Waals surface area contributed by atoms with E-state index in [0.717, 1.165) is 4.90 Å². The van der Waals surface area contributed by atoms with Crippen molar-refractivity contribution in [3.63, 3.8) is 0 Å². The summed E-state index contributed by atoms with van der Waals surface area (Å²) >= 11 is 0. The summed E-state index contributed by atoms with van der Waals surface area (Å²) in [4.78, 5) is 94.9. The topological polar surface area (TPSA) is 300 Å². The van der Waals surface area contributed by atoms with E-state index in [9.17, 15) is 37.5 Å². The van der Waals surface area contributed by atoms with Crippen molar-refractivity contribution in [2.45, 2.75) is 0 Å². The zero-order valence-corrected chi connectivity index (χ0v) is 20.9. The average Bonchev–Trinajstić information content (AvgIpc) is 2.41. The summed E-state index contributed by atoms with van der Waals surface area (Å²) in [7, 11) is -24.1. The molecule has 0 bridgehead atoms. The zero-order valence-electron chi connectivity index (χ0n) is 16.4. The molecule has 0 aliphatic heterocycles. The van der Waals surface area contributed by atoms with Crippen LogP contribution in [0.1, 0.15) is 0 Å². The minimum absolute atomic E-state index is 0.428. The van der Waals surface area contributed by atoms with Gasteiger partial charge in [0.15, 0.2) is 0 Å². The lowest BCUT2D eigenvalue weighted by Gasteiger charge is -2.31. The molecule has 194 valence electrons. The summed E-state index contributed by atoms with van der Waals surface area (Å²) in [5.74, 6) is 0. The second-order valence-corrected chi connectivity index (χ2v) is 14.9. The van der Waals surface area contributed by atoms with Crippen LogP contribution in [0.5, 0.6) is 0 Å². The van der Waals surface area contributed by atoms with E-state index in [1.807, 2.05) is 0 Å². The molecule has 0 aromatic heterocycles. The second-order valence-electron chi connectivity index (χ2n) is 6.91. The van der Waals surface area contributed by atoms with Crippen LogP contribution in [0, 0.1) is 0 Å². The van der Waals surface area contributed by atoms with E-state index in [1.165, 1.54) is 0 Å². The van der Waals surface area contributed by atoms with Crippen molar-refractivity contribution < 1.29 is 71.8 Å². The molecule has 0 saturated carbocycles. The molecule has 0 aromatic rings. The summed E-state index contributed by atoms with van der Waals surface area (Å²) in [6, 6.07) is 0. The van der Waals surface area contributed by atoms with Crippen molar-refractivity contribution in [3.05, 3.63) is 0 Å². The maximum absolute atomic E-state index is 11.4. The molecular weight excluding hydrogens is 545 g/mol. The first-order valence-electron chi connectivity index (χ1n) is 8.32. The van der Waals surface area contributed by atoms with Crippen LogP contribution >= 0.6 is 38.0 Å². The Kier molecular flexibility index (Phi) is 12.8. The van der Waals surface area contributed by atoms with Crippen molar-refractivity contribution in [2.24, 2.45) is 0 Å². The Labute approximate surface area is 182 Å². The Bertz CT molecular complexity index is 720. The zero-order chi connectivity index (χ0) is 25.6. The number of nitrogens with zero attached hydrogens (tertiary/aromatic N) is 3. The Balaban J connectivity index is 5.41. The molecule has 0 spiro atoms. The van der Waals surface area contributed by atoms with Crippen LogP contribution < -0.4 is 4.89 Å². The van der Waals surface area contributed by atoms with Crippen LogP contribution in [0.25, 0.3) is 0 Å². The highest BCUT2D eigenvalue weighted by atomic mass is 31.2. The second kappa shape index (κ2) is 12.5. The fraction of sp³-hybridized carbons (Fsp3) is 1.00. The van der Waals surface area contributed by atoms with Gasteiger partial charge in [-0.3, -0.25) is 33.0 Å². The van der Waals surface area contributed by atoms with Gasteiger partial charge in [-0.15, -0.1) is 0 Å². The summed E-state index contributed by atoms with van der Waals surface area (Å²) in [5, 5.41) is 0. The molecule has 9 N–H and O–H groups in total. The predicted molar refractivity (Wildman–Crippen MR) is 107 cm³/mol. The quantitative estimate of drug-likeness (QED) is 0.0829. The molecule has 0 amide bonds. The fourth-order valence-electron chi connectivity index (χ4n) is 2.49. The molecule has 0 heterocycles. The molecule has 0 radical (unpaired) electrons. The van der Waals surface area contributed by atoms with Crippen LogP contribution in [0.2, 0.25) is 0 Å². The normalized spacial score (nSPS) is 16.2. The van der Waals surface area contributed by atoms with E-state index >= 15 is 0 Å². The van der Waals surface area contributed by atoms with Gasteiger partial charge in [-0.05, 0) is 0 Å². The maximum Gasteiger partial charge on any atom is 0.339 e.